The lowest BCUT2D eigenvalue weighted by Gasteiger charge is -2.12. The lowest BCUT2D eigenvalue weighted by molar-refractivity contribution is -0.143. The summed E-state index contributed by atoms with van der Waals surface area (Å²) in [6.45, 7) is 0. The van der Waals surface area contributed by atoms with Gasteiger partial charge in [0.25, 0.3) is 0 Å². The molecule has 9 nitrogen and oxygen atoms in total. The van der Waals surface area contributed by atoms with Gasteiger partial charge in [-0.05, 0) is 17.1 Å². The first-order valence-electron chi connectivity index (χ1n) is 6.23. The lowest BCUT2D eigenvalue weighted by atomic mass is 10.1. The number of imidazole rings is 1. The molecule has 2 aromatic heterocycles. The van der Waals surface area contributed by atoms with Crippen molar-refractivity contribution >= 4 is 23.0 Å². The summed E-state index contributed by atoms with van der Waals surface area (Å²) in [4.78, 5) is 26.5. The molecule has 9 heteroatoms. The van der Waals surface area contributed by atoms with Crippen LogP contribution < -0.4 is 0 Å². The van der Waals surface area contributed by atoms with E-state index in [1.807, 2.05) is 16.7 Å². The van der Waals surface area contributed by atoms with Gasteiger partial charge in [-0.3, -0.25) is 4.79 Å². The third kappa shape index (κ3) is 2.19. The van der Waals surface area contributed by atoms with E-state index in [4.69, 9.17) is 10.3 Å². The maximum Gasteiger partial charge on any atom is 0.312 e. The number of aromatic nitrogens is 4. The van der Waals surface area contributed by atoms with Crippen LogP contribution in [0.1, 0.15) is 12.5 Å². The fourth-order valence-electron chi connectivity index (χ4n) is 2.41. The van der Waals surface area contributed by atoms with Crippen LogP contribution in [0, 0.1) is 5.92 Å². The van der Waals surface area contributed by atoms with Gasteiger partial charge in [0, 0.05) is 4.91 Å². The number of fused-ring (bicyclic) bond motifs is 1. The molecule has 0 amide bonds. The van der Waals surface area contributed by atoms with Gasteiger partial charge in [-0.1, -0.05) is 12.2 Å². The van der Waals surface area contributed by atoms with Gasteiger partial charge in [0.2, 0.25) is 0 Å². The van der Waals surface area contributed by atoms with Crippen LogP contribution in [0.5, 0.6) is 0 Å². The molecule has 2 atom stereocenters. The summed E-state index contributed by atoms with van der Waals surface area (Å²) in [5.74, 6) is -0.341. The molecule has 0 aliphatic heterocycles. The molecule has 1 aliphatic carbocycles. The van der Waals surface area contributed by atoms with E-state index < -0.39 is 0 Å². The number of ether oxygens (including phenoxy) is 1. The second kappa shape index (κ2) is 5.22. The van der Waals surface area contributed by atoms with E-state index in [0.29, 0.717) is 17.6 Å². The van der Waals surface area contributed by atoms with E-state index in [1.165, 1.54) is 13.4 Å². The highest BCUT2D eigenvalue weighted by atomic mass is 16.5. The summed E-state index contributed by atoms with van der Waals surface area (Å²) in [6.07, 6.45) is 7.24. The van der Waals surface area contributed by atoms with Gasteiger partial charge in [-0.25, -0.2) is 15.0 Å². The summed E-state index contributed by atoms with van der Waals surface area (Å²) in [7, 11) is 1.37. The molecular formula is C12H11N7O2. The largest absolute Gasteiger partial charge is 0.469 e. The Morgan fingerprint density at radius 3 is 3.10 bits per heavy atom. The minimum atomic E-state index is -0.268. The molecule has 0 aromatic carbocycles. The number of carbonyl (C=O) groups excluding carboxylic acids is 1. The number of hydrogen-bond acceptors (Lipinski definition) is 6. The second-order valence-electron chi connectivity index (χ2n) is 4.53. The van der Waals surface area contributed by atoms with Gasteiger partial charge < -0.3 is 9.30 Å². The Labute approximate surface area is 118 Å². The van der Waals surface area contributed by atoms with E-state index in [1.54, 1.807) is 6.33 Å². The molecule has 21 heavy (non-hydrogen) atoms. The lowest BCUT2D eigenvalue weighted by Crippen LogP contribution is -2.14. The van der Waals surface area contributed by atoms with E-state index in [-0.39, 0.29) is 23.7 Å². The first kappa shape index (κ1) is 13.1. The van der Waals surface area contributed by atoms with Crippen LogP contribution in [0.2, 0.25) is 0 Å². The molecule has 2 aromatic rings. The molecule has 1 aliphatic rings. The van der Waals surface area contributed by atoms with Gasteiger partial charge in [0.05, 0.1) is 25.4 Å². The van der Waals surface area contributed by atoms with Crippen molar-refractivity contribution in [2.45, 2.75) is 12.5 Å². The van der Waals surface area contributed by atoms with Crippen LogP contribution in [-0.2, 0) is 9.53 Å². The number of nitrogens with zero attached hydrogens (tertiary/aromatic N) is 7. The van der Waals surface area contributed by atoms with Crippen LogP contribution >= 0.6 is 0 Å². The topological polar surface area (TPSA) is 119 Å². The molecule has 0 radical (unpaired) electrons. The Hall–Kier alpha value is -2.93. The molecule has 0 saturated carbocycles. The molecule has 2 heterocycles. The molecule has 106 valence electrons. The highest BCUT2D eigenvalue weighted by Gasteiger charge is 2.27. The van der Waals surface area contributed by atoms with Crippen molar-refractivity contribution in [1.82, 2.24) is 19.5 Å². The van der Waals surface area contributed by atoms with Crippen molar-refractivity contribution in [1.29, 1.82) is 0 Å². The summed E-state index contributed by atoms with van der Waals surface area (Å²) in [6, 6.07) is -0.0482. The number of rotatable bonds is 3. The molecule has 3 rings (SSSR count). The summed E-state index contributed by atoms with van der Waals surface area (Å²) in [5.41, 5.74) is 9.52. The Balaban J connectivity index is 1.96. The van der Waals surface area contributed by atoms with Gasteiger partial charge in [0.15, 0.2) is 11.5 Å². The average molecular weight is 285 g/mol. The SMILES string of the molecule is COC(=O)[C@@H]1C=C[C@H](n2cnc3c(N=[N+]=[N-])ncnc32)C1. The summed E-state index contributed by atoms with van der Waals surface area (Å²) >= 11 is 0. The number of esters is 1. The molecule has 0 saturated heterocycles. The Morgan fingerprint density at radius 1 is 1.48 bits per heavy atom. The molecule has 0 unspecified atom stereocenters. The fourth-order valence-corrected chi connectivity index (χ4v) is 2.41. The Bertz CT molecular complexity index is 775. The highest BCUT2D eigenvalue weighted by Crippen LogP contribution is 2.31. The maximum atomic E-state index is 11.6. The molecule has 0 spiro atoms. The zero-order chi connectivity index (χ0) is 14.8. The number of methoxy groups -OCH3 is 1. The number of azide groups is 1. The van der Waals surface area contributed by atoms with E-state index in [0.717, 1.165) is 0 Å². The Kier molecular flexibility index (Phi) is 3.25. The van der Waals surface area contributed by atoms with Gasteiger partial charge in [-0.15, -0.1) is 0 Å². The summed E-state index contributed by atoms with van der Waals surface area (Å²) in [5, 5.41) is 3.49. The van der Waals surface area contributed by atoms with Gasteiger partial charge in [0.1, 0.15) is 11.8 Å². The number of hydrogen-bond donors (Lipinski definition) is 0. The number of carbonyl (C=O) groups is 1. The predicted octanol–water partition coefficient (Wildman–Crippen LogP) is 2.06. The molecule has 0 N–H and O–H groups in total. The third-order valence-corrected chi connectivity index (χ3v) is 3.40. The smallest absolute Gasteiger partial charge is 0.312 e. The molecule has 0 fully saturated rings. The normalized spacial score (nSPS) is 20.4. The van der Waals surface area contributed by atoms with Crippen molar-refractivity contribution in [2.24, 2.45) is 11.0 Å². The zero-order valence-electron chi connectivity index (χ0n) is 11.1. The third-order valence-electron chi connectivity index (χ3n) is 3.40. The van der Waals surface area contributed by atoms with Gasteiger partial charge >= 0.3 is 5.97 Å². The van der Waals surface area contributed by atoms with Crippen molar-refractivity contribution in [3.8, 4) is 0 Å². The van der Waals surface area contributed by atoms with E-state index in [9.17, 15) is 4.79 Å². The number of allylic oxidation sites excluding steroid dienone is 1. The molecule has 0 bridgehead atoms. The monoisotopic (exact) mass is 285 g/mol. The fraction of sp³-hybridized carbons (Fsp3) is 0.333. The average Bonchev–Trinajstić information content (AvgIpc) is 3.13. The van der Waals surface area contributed by atoms with Crippen LogP contribution in [0.25, 0.3) is 21.6 Å². The van der Waals surface area contributed by atoms with Crippen LogP contribution in [0.3, 0.4) is 0 Å². The van der Waals surface area contributed by atoms with Crippen molar-refractivity contribution < 1.29 is 9.53 Å². The molecular weight excluding hydrogens is 274 g/mol. The van der Waals surface area contributed by atoms with E-state index >= 15 is 0 Å². The maximum absolute atomic E-state index is 11.6. The highest BCUT2D eigenvalue weighted by molar-refractivity contribution is 5.81. The second-order valence-corrected chi connectivity index (χ2v) is 4.53. The Morgan fingerprint density at radius 2 is 2.33 bits per heavy atom. The van der Waals surface area contributed by atoms with Crippen molar-refractivity contribution in [3.05, 3.63) is 35.2 Å². The van der Waals surface area contributed by atoms with E-state index in [2.05, 4.69) is 25.0 Å². The quantitative estimate of drug-likeness (QED) is 0.281. The summed E-state index contributed by atoms with van der Waals surface area (Å²) < 4.78 is 6.57. The van der Waals surface area contributed by atoms with Gasteiger partial charge in [-0.2, -0.15) is 0 Å². The van der Waals surface area contributed by atoms with Crippen LogP contribution in [0.4, 0.5) is 5.82 Å². The van der Waals surface area contributed by atoms with Crippen LogP contribution in [-0.4, -0.2) is 32.6 Å². The van der Waals surface area contributed by atoms with Crippen LogP contribution in [0.15, 0.2) is 29.9 Å². The van der Waals surface area contributed by atoms with Crippen molar-refractivity contribution in [3.63, 3.8) is 0 Å². The minimum Gasteiger partial charge on any atom is -0.469 e. The first-order valence-corrected chi connectivity index (χ1v) is 6.23. The van der Waals surface area contributed by atoms with Crippen molar-refractivity contribution in [2.75, 3.05) is 7.11 Å². The minimum absolute atomic E-state index is 0.0482. The first-order chi connectivity index (χ1) is 10.2. The standard InChI is InChI=1S/C12H11N7O2/c1-21-12(20)7-2-3-8(4-7)19-6-16-9-10(17-18-13)14-5-15-11(9)19/h2-3,5-8H,4H2,1H3/t7-,8+/m1/s1. The predicted molar refractivity (Wildman–Crippen MR) is 72.4 cm³/mol. The zero-order valence-corrected chi connectivity index (χ0v) is 11.1.